The van der Waals surface area contributed by atoms with E-state index in [9.17, 15) is 9.59 Å². The smallest absolute Gasteiger partial charge is 0.305 e. The summed E-state index contributed by atoms with van der Waals surface area (Å²) in [5.74, 6) is -1.10. The van der Waals surface area contributed by atoms with Crippen LogP contribution in [0.15, 0.2) is 28.8 Å². The van der Waals surface area contributed by atoms with Crippen molar-refractivity contribution in [2.45, 2.75) is 18.9 Å². The fraction of sp³-hybridized carbons (Fsp3) is 0.400. The maximum atomic E-state index is 12.5. The fourth-order valence-corrected chi connectivity index (χ4v) is 2.66. The Bertz CT molecular complexity index is 696. The summed E-state index contributed by atoms with van der Waals surface area (Å²) in [6.07, 6.45) is -0.0293. The Kier molecular flexibility index (Phi) is 4.06. The summed E-state index contributed by atoms with van der Waals surface area (Å²) in [6, 6.07) is 6.90. The van der Waals surface area contributed by atoms with Gasteiger partial charge in [-0.2, -0.15) is 0 Å². The molecule has 0 unspecified atom stereocenters. The Morgan fingerprint density at radius 2 is 2.18 bits per heavy atom. The van der Waals surface area contributed by atoms with Crippen LogP contribution in [-0.2, 0) is 20.7 Å². The molecule has 0 saturated carbocycles. The van der Waals surface area contributed by atoms with Crippen LogP contribution in [0.25, 0.3) is 11.0 Å². The van der Waals surface area contributed by atoms with E-state index in [1.54, 1.807) is 11.0 Å². The summed E-state index contributed by atoms with van der Waals surface area (Å²) in [5, 5.41) is 13.7. The number of carbonyl (C=O) groups is 2. The van der Waals surface area contributed by atoms with Gasteiger partial charge in [-0.3, -0.25) is 9.59 Å². The summed E-state index contributed by atoms with van der Waals surface area (Å²) in [5.41, 5.74) is 1.20. The highest BCUT2D eigenvalue weighted by molar-refractivity contribution is 5.86. The number of nitrogens with zero attached hydrogens (tertiary/aromatic N) is 2. The van der Waals surface area contributed by atoms with Gasteiger partial charge < -0.3 is 19.3 Å². The molecule has 1 aliphatic heterocycles. The number of carbonyl (C=O) groups excluding carboxylic acids is 1. The van der Waals surface area contributed by atoms with Crippen molar-refractivity contribution in [3.8, 4) is 0 Å². The highest BCUT2D eigenvalue weighted by Gasteiger charge is 2.29. The van der Waals surface area contributed by atoms with Gasteiger partial charge in [0.05, 0.1) is 32.1 Å². The lowest BCUT2D eigenvalue weighted by atomic mass is 10.1. The number of aromatic nitrogens is 1. The molecule has 3 rings (SSSR count). The molecule has 1 N–H and O–H groups in total. The number of amides is 1. The van der Waals surface area contributed by atoms with E-state index in [-0.39, 0.29) is 25.4 Å². The van der Waals surface area contributed by atoms with Gasteiger partial charge in [0.25, 0.3) is 0 Å². The first-order chi connectivity index (χ1) is 10.6. The van der Waals surface area contributed by atoms with E-state index in [4.69, 9.17) is 14.4 Å². The molecule has 1 atom stereocenters. The van der Waals surface area contributed by atoms with Crippen LogP contribution >= 0.6 is 0 Å². The summed E-state index contributed by atoms with van der Waals surface area (Å²) in [4.78, 5) is 25.0. The van der Waals surface area contributed by atoms with Gasteiger partial charge in [-0.15, -0.1) is 0 Å². The van der Waals surface area contributed by atoms with Crippen LogP contribution in [0, 0.1) is 0 Å². The molecule has 116 valence electrons. The number of benzene rings is 1. The first kappa shape index (κ1) is 14.5. The SMILES string of the molecule is O=C(O)C[C@@H]1COCCN1C(=O)Cc1noc2ccccc12. The molecule has 22 heavy (non-hydrogen) atoms. The van der Waals surface area contributed by atoms with Crippen molar-refractivity contribution in [2.24, 2.45) is 0 Å². The molecule has 1 aliphatic rings. The zero-order valence-electron chi connectivity index (χ0n) is 11.9. The number of aliphatic carboxylic acids is 1. The van der Waals surface area contributed by atoms with Gasteiger partial charge in [0.15, 0.2) is 5.58 Å². The number of fused-ring (bicyclic) bond motifs is 1. The summed E-state index contributed by atoms with van der Waals surface area (Å²) >= 11 is 0. The minimum atomic E-state index is -0.944. The highest BCUT2D eigenvalue weighted by Crippen LogP contribution is 2.20. The van der Waals surface area contributed by atoms with Crippen LogP contribution in [-0.4, -0.2) is 52.8 Å². The molecule has 0 spiro atoms. The molecule has 2 aromatic rings. The molecule has 7 heteroatoms. The van der Waals surface area contributed by atoms with E-state index in [2.05, 4.69) is 5.16 Å². The predicted molar refractivity (Wildman–Crippen MR) is 76.3 cm³/mol. The summed E-state index contributed by atoms with van der Waals surface area (Å²) < 4.78 is 10.5. The molecule has 2 heterocycles. The van der Waals surface area contributed by atoms with Crippen molar-refractivity contribution in [2.75, 3.05) is 19.8 Å². The lowest BCUT2D eigenvalue weighted by molar-refractivity contribution is -0.145. The number of carboxylic acids is 1. The third-order valence-electron chi connectivity index (χ3n) is 3.73. The van der Waals surface area contributed by atoms with Gasteiger partial charge in [0.2, 0.25) is 5.91 Å². The zero-order valence-corrected chi connectivity index (χ0v) is 11.9. The van der Waals surface area contributed by atoms with Gasteiger partial charge in [-0.05, 0) is 12.1 Å². The van der Waals surface area contributed by atoms with Crippen LogP contribution in [0.3, 0.4) is 0 Å². The van der Waals surface area contributed by atoms with E-state index in [1.165, 1.54) is 0 Å². The molecular formula is C15H16N2O5. The average molecular weight is 304 g/mol. The molecule has 7 nitrogen and oxygen atoms in total. The number of carboxylic acid groups (broad SMARTS) is 1. The van der Waals surface area contributed by atoms with Crippen molar-refractivity contribution in [1.29, 1.82) is 0 Å². The van der Waals surface area contributed by atoms with Crippen molar-refractivity contribution >= 4 is 22.8 Å². The second-order valence-electron chi connectivity index (χ2n) is 5.22. The fourth-order valence-electron chi connectivity index (χ4n) is 2.66. The Labute approximate surface area is 126 Å². The quantitative estimate of drug-likeness (QED) is 0.908. The van der Waals surface area contributed by atoms with Gasteiger partial charge in [-0.25, -0.2) is 0 Å². The molecule has 0 aliphatic carbocycles. The number of para-hydroxylation sites is 1. The Morgan fingerprint density at radius 3 is 3.00 bits per heavy atom. The lowest BCUT2D eigenvalue weighted by Crippen LogP contribution is -2.50. The Hall–Kier alpha value is -2.41. The van der Waals surface area contributed by atoms with Crippen molar-refractivity contribution in [3.05, 3.63) is 30.0 Å². The number of morpholine rings is 1. The first-order valence-electron chi connectivity index (χ1n) is 7.07. The zero-order chi connectivity index (χ0) is 15.5. The third-order valence-corrected chi connectivity index (χ3v) is 3.73. The molecule has 0 radical (unpaired) electrons. The molecule has 1 fully saturated rings. The Morgan fingerprint density at radius 1 is 1.36 bits per heavy atom. The molecule has 1 aromatic heterocycles. The van der Waals surface area contributed by atoms with Crippen molar-refractivity contribution in [3.63, 3.8) is 0 Å². The Balaban J connectivity index is 1.76. The van der Waals surface area contributed by atoms with E-state index in [0.29, 0.717) is 24.4 Å². The monoisotopic (exact) mass is 304 g/mol. The largest absolute Gasteiger partial charge is 0.481 e. The van der Waals surface area contributed by atoms with Gasteiger partial charge in [0.1, 0.15) is 5.69 Å². The number of rotatable bonds is 4. The molecule has 1 amide bonds. The van der Waals surface area contributed by atoms with E-state index < -0.39 is 12.0 Å². The molecular weight excluding hydrogens is 288 g/mol. The van der Waals surface area contributed by atoms with E-state index in [0.717, 1.165) is 5.39 Å². The van der Waals surface area contributed by atoms with Crippen LogP contribution in [0.1, 0.15) is 12.1 Å². The standard InChI is InChI=1S/C15H16N2O5/c18-14(17-5-6-21-9-10(17)7-15(19)20)8-12-11-3-1-2-4-13(11)22-16-12/h1-4,10H,5-9H2,(H,19,20)/t10-/m1/s1. The number of hydrogen-bond acceptors (Lipinski definition) is 5. The second-order valence-corrected chi connectivity index (χ2v) is 5.22. The van der Waals surface area contributed by atoms with Gasteiger partial charge >= 0.3 is 5.97 Å². The predicted octanol–water partition coefficient (Wildman–Crippen LogP) is 1.07. The van der Waals surface area contributed by atoms with Crippen molar-refractivity contribution < 1.29 is 24.0 Å². The summed E-state index contributed by atoms with van der Waals surface area (Å²) in [6.45, 7) is 1.06. The third kappa shape index (κ3) is 2.94. The minimum Gasteiger partial charge on any atom is -0.481 e. The van der Waals surface area contributed by atoms with E-state index >= 15 is 0 Å². The number of ether oxygens (including phenoxy) is 1. The van der Waals surface area contributed by atoms with Gasteiger partial charge in [0, 0.05) is 11.9 Å². The highest BCUT2D eigenvalue weighted by atomic mass is 16.5. The summed E-state index contributed by atoms with van der Waals surface area (Å²) in [7, 11) is 0. The normalized spacial score (nSPS) is 18.5. The van der Waals surface area contributed by atoms with Crippen LogP contribution in [0.4, 0.5) is 0 Å². The number of hydrogen-bond donors (Lipinski definition) is 1. The maximum absolute atomic E-state index is 12.5. The second kappa shape index (κ2) is 6.15. The van der Waals surface area contributed by atoms with E-state index in [1.807, 2.05) is 18.2 Å². The lowest BCUT2D eigenvalue weighted by Gasteiger charge is -2.34. The van der Waals surface area contributed by atoms with Crippen LogP contribution < -0.4 is 0 Å². The van der Waals surface area contributed by atoms with Crippen LogP contribution in [0.5, 0.6) is 0 Å². The van der Waals surface area contributed by atoms with Gasteiger partial charge in [-0.1, -0.05) is 17.3 Å². The maximum Gasteiger partial charge on any atom is 0.305 e. The molecule has 1 saturated heterocycles. The van der Waals surface area contributed by atoms with Crippen molar-refractivity contribution in [1.82, 2.24) is 10.1 Å². The molecule has 1 aromatic carbocycles. The first-order valence-corrected chi connectivity index (χ1v) is 7.07. The molecule has 0 bridgehead atoms. The minimum absolute atomic E-state index is 0.0904. The van der Waals surface area contributed by atoms with Crippen LogP contribution in [0.2, 0.25) is 0 Å². The average Bonchev–Trinajstić information content (AvgIpc) is 2.90. The topological polar surface area (TPSA) is 92.9 Å².